The van der Waals surface area contributed by atoms with Crippen molar-refractivity contribution in [3.05, 3.63) is 63.6 Å². The van der Waals surface area contributed by atoms with Crippen molar-refractivity contribution in [2.45, 2.75) is 12.2 Å². The van der Waals surface area contributed by atoms with Gasteiger partial charge in [0.15, 0.2) is 0 Å². The van der Waals surface area contributed by atoms with E-state index in [1.807, 2.05) is 48.5 Å². The first-order chi connectivity index (χ1) is 10.1. The first-order valence-electron chi connectivity index (χ1n) is 6.48. The molecule has 0 aliphatic carbocycles. The van der Waals surface area contributed by atoms with Gasteiger partial charge in [-0.1, -0.05) is 41.9 Å². The monoisotopic (exact) mass is 383 g/mol. The number of hydrogen-bond acceptors (Lipinski definition) is 2. The summed E-state index contributed by atoms with van der Waals surface area (Å²) in [6.07, 6.45) is 0. The maximum atomic E-state index is 12.0. The Morgan fingerprint density at radius 3 is 2.62 bits per heavy atom. The predicted molar refractivity (Wildman–Crippen MR) is 95.1 cm³/mol. The van der Waals surface area contributed by atoms with E-state index in [-0.39, 0.29) is 11.2 Å². The molecule has 1 amide bonds. The van der Waals surface area contributed by atoms with E-state index in [2.05, 4.69) is 28.2 Å². The lowest BCUT2D eigenvalue weighted by molar-refractivity contribution is -0.113. The second-order valence-corrected chi connectivity index (χ2v) is 7.09. The summed E-state index contributed by atoms with van der Waals surface area (Å²) < 4.78 is 0.877. The second-order valence-electron chi connectivity index (χ2n) is 4.50. The Kier molecular flexibility index (Phi) is 6.15. The van der Waals surface area contributed by atoms with Gasteiger partial charge in [0.2, 0.25) is 5.91 Å². The third-order valence-corrected chi connectivity index (χ3v) is 5.17. The number of benzene rings is 2. The molecule has 0 bridgehead atoms. The molecule has 0 radical (unpaired) electrons. The minimum Gasteiger partial charge on any atom is -0.324 e. The predicted octanol–water partition coefficient (Wildman–Crippen LogP) is 5.54. The van der Waals surface area contributed by atoms with Crippen LogP contribution in [0.3, 0.4) is 0 Å². The molecule has 2 aromatic rings. The average Bonchev–Trinajstić information content (AvgIpc) is 2.48. The highest BCUT2D eigenvalue weighted by atomic mass is 79.9. The van der Waals surface area contributed by atoms with Crippen LogP contribution in [-0.2, 0) is 4.79 Å². The van der Waals surface area contributed by atoms with Crippen LogP contribution >= 0.6 is 39.3 Å². The maximum Gasteiger partial charge on any atom is 0.234 e. The summed E-state index contributed by atoms with van der Waals surface area (Å²) in [4.78, 5) is 12.0. The molecule has 0 aromatic heterocycles. The largest absolute Gasteiger partial charge is 0.324 e. The third kappa shape index (κ3) is 4.77. The van der Waals surface area contributed by atoms with E-state index in [0.717, 1.165) is 20.7 Å². The molecule has 1 N–H and O–H groups in total. The Labute approximate surface area is 142 Å². The van der Waals surface area contributed by atoms with Gasteiger partial charge in [0.05, 0.1) is 11.4 Å². The van der Waals surface area contributed by atoms with Crippen molar-refractivity contribution in [2.24, 2.45) is 0 Å². The number of para-hydroxylation sites is 1. The molecule has 0 heterocycles. The van der Waals surface area contributed by atoms with E-state index in [4.69, 9.17) is 11.6 Å². The minimum absolute atomic E-state index is 0.0224. The van der Waals surface area contributed by atoms with Crippen LogP contribution in [0.5, 0.6) is 0 Å². The molecule has 0 aliphatic heterocycles. The maximum absolute atomic E-state index is 12.0. The van der Waals surface area contributed by atoms with Crippen LogP contribution in [0.25, 0.3) is 0 Å². The number of carbonyl (C=O) groups is 1. The molecule has 2 aromatic carbocycles. The first-order valence-corrected chi connectivity index (χ1v) is 8.70. The van der Waals surface area contributed by atoms with E-state index in [9.17, 15) is 4.79 Å². The summed E-state index contributed by atoms with van der Waals surface area (Å²) in [5, 5.41) is 3.80. The Balaban J connectivity index is 1.90. The van der Waals surface area contributed by atoms with Gasteiger partial charge in [-0.05, 0) is 46.6 Å². The molecule has 5 heteroatoms. The molecular weight excluding hydrogens is 370 g/mol. The van der Waals surface area contributed by atoms with Crippen LogP contribution in [0.15, 0.2) is 53.0 Å². The smallest absolute Gasteiger partial charge is 0.234 e. The molecular formula is C16H15BrClNOS. The van der Waals surface area contributed by atoms with Crippen LogP contribution in [0.4, 0.5) is 5.69 Å². The number of thioether (sulfide) groups is 1. The van der Waals surface area contributed by atoms with Crippen molar-refractivity contribution in [2.75, 3.05) is 11.1 Å². The Morgan fingerprint density at radius 1 is 1.24 bits per heavy atom. The number of anilines is 1. The molecule has 1 atom stereocenters. The molecule has 0 saturated heterocycles. The lowest BCUT2D eigenvalue weighted by Crippen LogP contribution is -2.15. The fourth-order valence-corrected chi connectivity index (χ4v) is 3.45. The first kappa shape index (κ1) is 16.4. The standard InChI is InChI=1S/C16H15BrClNOS/c1-11(12-6-2-4-8-14(12)18)21-10-16(20)19-15-9-5-3-7-13(15)17/h2-9,11H,10H2,1H3,(H,19,20)/t11-/m0/s1. The number of rotatable bonds is 5. The zero-order valence-electron chi connectivity index (χ0n) is 11.5. The zero-order chi connectivity index (χ0) is 15.2. The number of carbonyl (C=O) groups excluding carboxylic acids is 1. The van der Waals surface area contributed by atoms with Crippen molar-refractivity contribution in [1.29, 1.82) is 0 Å². The van der Waals surface area contributed by atoms with Gasteiger partial charge >= 0.3 is 0 Å². The van der Waals surface area contributed by atoms with Crippen LogP contribution in [0.1, 0.15) is 17.7 Å². The van der Waals surface area contributed by atoms with Crippen LogP contribution in [0, 0.1) is 0 Å². The molecule has 0 saturated carbocycles. The fourth-order valence-electron chi connectivity index (χ4n) is 1.84. The third-order valence-electron chi connectivity index (χ3n) is 2.96. The summed E-state index contributed by atoms with van der Waals surface area (Å²) in [6.45, 7) is 2.05. The SMILES string of the molecule is C[C@H](SCC(=O)Nc1ccccc1Br)c1ccccc1Cl. The van der Waals surface area contributed by atoms with Crippen molar-refractivity contribution in [1.82, 2.24) is 0 Å². The molecule has 0 unspecified atom stereocenters. The van der Waals surface area contributed by atoms with Crippen LogP contribution in [0.2, 0.25) is 5.02 Å². The van der Waals surface area contributed by atoms with Crippen molar-refractivity contribution in [3.63, 3.8) is 0 Å². The second kappa shape index (κ2) is 7.87. The van der Waals surface area contributed by atoms with E-state index in [1.54, 1.807) is 11.8 Å². The molecule has 110 valence electrons. The van der Waals surface area contributed by atoms with Gasteiger partial charge in [-0.15, -0.1) is 11.8 Å². The van der Waals surface area contributed by atoms with Gasteiger partial charge in [-0.3, -0.25) is 4.79 Å². The van der Waals surface area contributed by atoms with E-state index < -0.39 is 0 Å². The highest BCUT2D eigenvalue weighted by molar-refractivity contribution is 9.10. The Morgan fingerprint density at radius 2 is 1.90 bits per heavy atom. The van der Waals surface area contributed by atoms with Gasteiger partial charge in [0.1, 0.15) is 0 Å². The molecule has 21 heavy (non-hydrogen) atoms. The van der Waals surface area contributed by atoms with Crippen LogP contribution < -0.4 is 5.32 Å². The van der Waals surface area contributed by atoms with Gasteiger partial charge in [-0.2, -0.15) is 0 Å². The van der Waals surface area contributed by atoms with Crippen LogP contribution in [-0.4, -0.2) is 11.7 Å². The topological polar surface area (TPSA) is 29.1 Å². The number of hydrogen-bond donors (Lipinski definition) is 1. The number of halogens is 2. The summed E-state index contributed by atoms with van der Waals surface area (Å²) >= 11 is 11.1. The summed E-state index contributed by atoms with van der Waals surface area (Å²) in [5.41, 5.74) is 1.84. The van der Waals surface area contributed by atoms with Crippen molar-refractivity contribution >= 4 is 50.9 Å². The van der Waals surface area contributed by atoms with Crippen molar-refractivity contribution < 1.29 is 4.79 Å². The molecule has 2 nitrogen and oxygen atoms in total. The summed E-state index contributed by atoms with van der Waals surface area (Å²) in [7, 11) is 0. The van der Waals surface area contributed by atoms with Gasteiger partial charge in [0.25, 0.3) is 0 Å². The van der Waals surface area contributed by atoms with E-state index in [0.29, 0.717) is 5.75 Å². The normalized spacial score (nSPS) is 12.0. The lowest BCUT2D eigenvalue weighted by Gasteiger charge is -2.13. The zero-order valence-corrected chi connectivity index (χ0v) is 14.6. The molecule has 0 aliphatic rings. The van der Waals surface area contributed by atoms with Gasteiger partial charge < -0.3 is 5.32 Å². The number of nitrogens with one attached hydrogen (secondary N) is 1. The van der Waals surface area contributed by atoms with Crippen molar-refractivity contribution in [3.8, 4) is 0 Å². The van der Waals surface area contributed by atoms with E-state index in [1.165, 1.54) is 0 Å². The fraction of sp³-hybridized carbons (Fsp3) is 0.188. The Bertz CT molecular complexity index is 635. The van der Waals surface area contributed by atoms with Gasteiger partial charge in [-0.25, -0.2) is 0 Å². The minimum atomic E-state index is -0.0224. The highest BCUT2D eigenvalue weighted by Gasteiger charge is 2.12. The highest BCUT2D eigenvalue weighted by Crippen LogP contribution is 2.33. The van der Waals surface area contributed by atoms with E-state index >= 15 is 0 Å². The molecule has 0 spiro atoms. The lowest BCUT2D eigenvalue weighted by atomic mass is 10.2. The summed E-state index contributed by atoms with van der Waals surface area (Å²) in [5.74, 6) is 0.360. The number of amides is 1. The molecule has 2 rings (SSSR count). The quantitative estimate of drug-likeness (QED) is 0.733. The average molecular weight is 385 g/mol. The molecule has 0 fully saturated rings. The summed E-state index contributed by atoms with van der Waals surface area (Å²) in [6, 6.07) is 15.3. The Hall–Kier alpha value is -0.970. The van der Waals surface area contributed by atoms with Gasteiger partial charge in [0, 0.05) is 14.7 Å².